The predicted octanol–water partition coefficient (Wildman–Crippen LogP) is 3.41. The van der Waals surface area contributed by atoms with Crippen LogP contribution >= 0.6 is 11.6 Å². The molecule has 25 heavy (non-hydrogen) atoms. The van der Waals surface area contributed by atoms with E-state index in [0.717, 1.165) is 31.7 Å². The van der Waals surface area contributed by atoms with Gasteiger partial charge < -0.3 is 10.2 Å². The Hall–Kier alpha value is -1.92. The maximum absolute atomic E-state index is 14.0. The molecule has 0 radical (unpaired) electrons. The zero-order chi connectivity index (χ0) is 17.8. The van der Waals surface area contributed by atoms with Crippen LogP contribution in [0.4, 0.5) is 16.2 Å². The highest BCUT2D eigenvalue weighted by Gasteiger charge is 2.22. The monoisotopic (exact) mass is 363 g/mol. The van der Waals surface area contributed by atoms with Crippen LogP contribution in [0.15, 0.2) is 30.5 Å². The summed E-state index contributed by atoms with van der Waals surface area (Å²) in [5.41, 5.74) is 0.571. The van der Waals surface area contributed by atoms with Crippen LogP contribution < -0.4 is 10.2 Å². The standard InChI is InChI=1S/C18H23ClFN5/c1-24(2)18-21-9-8-17(23-18)22-13-5-4-10-25(11-13)12-14-15(19)6-3-7-16(14)20/h3,6-9,13H,4-5,10-12H2,1-2H3,(H,21,22,23). The van der Waals surface area contributed by atoms with Gasteiger partial charge in [0.2, 0.25) is 5.95 Å². The van der Waals surface area contributed by atoms with Crippen LogP contribution in [-0.2, 0) is 6.54 Å². The van der Waals surface area contributed by atoms with Crippen molar-refractivity contribution in [2.75, 3.05) is 37.4 Å². The third-order valence-corrected chi connectivity index (χ3v) is 4.70. The number of halogens is 2. The van der Waals surface area contributed by atoms with Crippen LogP contribution in [0, 0.1) is 5.82 Å². The van der Waals surface area contributed by atoms with Gasteiger partial charge in [-0.1, -0.05) is 17.7 Å². The number of nitrogens with zero attached hydrogens (tertiary/aromatic N) is 4. The minimum Gasteiger partial charge on any atom is -0.366 e. The van der Waals surface area contributed by atoms with E-state index in [9.17, 15) is 4.39 Å². The first-order chi connectivity index (χ1) is 12.0. The van der Waals surface area contributed by atoms with Crippen molar-refractivity contribution in [3.8, 4) is 0 Å². The summed E-state index contributed by atoms with van der Waals surface area (Å²) < 4.78 is 14.0. The van der Waals surface area contributed by atoms with Crippen molar-refractivity contribution >= 4 is 23.4 Å². The minimum atomic E-state index is -0.242. The summed E-state index contributed by atoms with van der Waals surface area (Å²) in [5, 5.41) is 3.96. The molecule has 1 N–H and O–H groups in total. The number of rotatable bonds is 5. The Kier molecular flexibility index (Phi) is 5.71. The lowest BCUT2D eigenvalue weighted by Gasteiger charge is -2.33. The van der Waals surface area contributed by atoms with Gasteiger partial charge in [0.1, 0.15) is 11.6 Å². The van der Waals surface area contributed by atoms with Crippen LogP contribution in [-0.4, -0.2) is 48.1 Å². The van der Waals surface area contributed by atoms with Crippen LogP contribution in [0.1, 0.15) is 18.4 Å². The highest BCUT2D eigenvalue weighted by atomic mass is 35.5. The molecule has 1 aliphatic heterocycles. The number of hydrogen-bond acceptors (Lipinski definition) is 5. The molecule has 2 heterocycles. The molecule has 1 aromatic heterocycles. The Morgan fingerprint density at radius 1 is 1.36 bits per heavy atom. The van der Waals surface area contributed by atoms with Gasteiger partial charge in [-0.15, -0.1) is 0 Å². The third kappa shape index (κ3) is 4.58. The maximum Gasteiger partial charge on any atom is 0.226 e. The average molecular weight is 364 g/mol. The first kappa shape index (κ1) is 17.9. The zero-order valence-corrected chi connectivity index (χ0v) is 15.3. The summed E-state index contributed by atoms with van der Waals surface area (Å²) in [5.74, 6) is 1.25. The Balaban J connectivity index is 1.64. The molecule has 0 bridgehead atoms. The molecule has 1 atom stereocenters. The lowest BCUT2D eigenvalue weighted by Crippen LogP contribution is -2.42. The van der Waals surface area contributed by atoms with E-state index in [1.165, 1.54) is 6.07 Å². The molecule has 0 spiro atoms. The molecule has 1 aliphatic rings. The smallest absolute Gasteiger partial charge is 0.226 e. The summed E-state index contributed by atoms with van der Waals surface area (Å²) in [4.78, 5) is 12.8. The highest BCUT2D eigenvalue weighted by molar-refractivity contribution is 6.31. The van der Waals surface area contributed by atoms with E-state index in [4.69, 9.17) is 11.6 Å². The van der Waals surface area contributed by atoms with Gasteiger partial charge in [-0.05, 0) is 37.6 Å². The van der Waals surface area contributed by atoms with Crippen molar-refractivity contribution in [1.82, 2.24) is 14.9 Å². The molecule has 134 valence electrons. The van der Waals surface area contributed by atoms with Gasteiger partial charge in [-0.2, -0.15) is 4.98 Å². The Morgan fingerprint density at radius 3 is 2.96 bits per heavy atom. The fourth-order valence-electron chi connectivity index (χ4n) is 3.08. The second kappa shape index (κ2) is 7.97. The lowest BCUT2D eigenvalue weighted by molar-refractivity contribution is 0.206. The summed E-state index contributed by atoms with van der Waals surface area (Å²) in [7, 11) is 3.83. The van der Waals surface area contributed by atoms with Crippen molar-refractivity contribution < 1.29 is 4.39 Å². The van der Waals surface area contributed by atoms with Gasteiger partial charge in [0.25, 0.3) is 0 Å². The van der Waals surface area contributed by atoms with E-state index < -0.39 is 0 Å². The molecule has 3 rings (SSSR count). The van der Waals surface area contributed by atoms with Crippen molar-refractivity contribution in [2.24, 2.45) is 0 Å². The molecular formula is C18H23ClFN5. The van der Waals surface area contributed by atoms with E-state index in [-0.39, 0.29) is 11.9 Å². The number of likely N-dealkylation sites (tertiary alicyclic amines) is 1. The number of piperidine rings is 1. The van der Waals surface area contributed by atoms with Crippen molar-refractivity contribution in [3.05, 3.63) is 46.9 Å². The highest BCUT2D eigenvalue weighted by Crippen LogP contribution is 2.23. The minimum absolute atomic E-state index is 0.242. The van der Waals surface area contributed by atoms with Gasteiger partial charge in [-0.25, -0.2) is 9.37 Å². The van der Waals surface area contributed by atoms with Crippen molar-refractivity contribution in [3.63, 3.8) is 0 Å². The summed E-state index contributed by atoms with van der Waals surface area (Å²) in [6.45, 7) is 2.29. The topological polar surface area (TPSA) is 44.3 Å². The molecular weight excluding hydrogens is 341 g/mol. The van der Waals surface area contributed by atoms with E-state index in [1.54, 1.807) is 18.3 Å². The van der Waals surface area contributed by atoms with Crippen molar-refractivity contribution in [2.45, 2.75) is 25.4 Å². The van der Waals surface area contributed by atoms with E-state index in [1.807, 2.05) is 25.1 Å². The Morgan fingerprint density at radius 2 is 2.20 bits per heavy atom. The molecule has 5 nitrogen and oxygen atoms in total. The Labute approximate surface area is 152 Å². The lowest BCUT2D eigenvalue weighted by atomic mass is 10.0. The van der Waals surface area contributed by atoms with Crippen LogP contribution in [0.2, 0.25) is 5.02 Å². The van der Waals surface area contributed by atoms with Gasteiger partial charge in [0, 0.05) is 50.0 Å². The molecule has 0 aliphatic carbocycles. The molecule has 0 amide bonds. The number of benzene rings is 1. The molecule has 1 fully saturated rings. The predicted molar refractivity (Wildman–Crippen MR) is 99.7 cm³/mol. The van der Waals surface area contributed by atoms with E-state index >= 15 is 0 Å². The third-order valence-electron chi connectivity index (χ3n) is 4.34. The fraction of sp³-hybridized carbons (Fsp3) is 0.444. The quantitative estimate of drug-likeness (QED) is 0.881. The number of anilines is 2. The van der Waals surface area contributed by atoms with Crippen LogP contribution in [0.5, 0.6) is 0 Å². The largest absolute Gasteiger partial charge is 0.366 e. The van der Waals surface area contributed by atoms with Crippen LogP contribution in [0.25, 0.3) is 0 Å². The first-order valence-corrected chi connectivity index (χ1v) is 8.83. The second-order valence-electron chi connectivity index (χ2n) is 6.56. The molecule has 0 saturated carbocycles. The normalized spacial score (nSPS) is 18.2. The van der Waals surface area contributed by atoms with E-state index in [0.29, 0.717) is 23.1 Å². The maximum atomic E-state index is 14.0. The van der Waals surface area contributed by atoms with Gasteiger partial charge >= 0.3 is 0 Å². The second-order valence-corrected chi connectivity index (χ2v) is 6.96. The number of nitrogens with one attached hydrogen (secondary N) is 1. The molecule has 1 saturated heterocycles. The summed E-state index contributed by atoms with van der Waals surface area (Å²) in [6.07, 6.45) is 3.86. The molecule has 7 heteroatoms. The number of aromatic nitrogens is 2. The Bertz CT molecular complexity index is 704. The van der Waals surface area contributed by atoms with Gasteiger partial charge in [0.05, 0.1) is 0 Å². The average Bonchev–Trinajstić information content (AvgIpc) is 2.59. The van der Waals surface area contributed by atoms with Gasteiger partial charge in [-0.3, -0.25) is 4.90 Å². The first-order valence-electron chi connectivity index (χ1n) is 8.45. The molecule has 2 aromatic rings. The van der Waals surface area contributed by atoms with Crippen molar-refractivity contribution in [1.29, 1.82) is 0 Å². The molecule has 1 aromatic carbocycles. The SMILES string of the molecule is CN(C)c1nccc(NC2CCCN(Cc3c(F)cccc3Cl)C2)n1. The number of hydrogen-bond donors (Lipinski definition) is 1. The molecule has 1 unspecified atom stereocenters. The fourth-order valence-corrected chi connectivity index (χ4v) is 3.30. The van der Waals surface area contributed by atoms with Gasteiger partial charge in [0.15, 0.2) is 0 Å². The van der Waals surface area contributed by atoms with E-state index in [2.05, 4.69) is 20.2 Å². The zero-order valence-electron chi connectivity index (χ0n) is 14.5. The van der Waals surface area contributed by atoms with Crippen LogP contribution in [0.3, 0.4) is 0 Å². The summed E-state index contributed by atoms with van der Waals surface area (Å²) in [6, 6.07) is 6.98. The summed E-state index contributed by atoms with van der Waals surface area (Å²) >= 11 is 6.16.